The maximum atomic E-state index is 4.65. The van der Waals surface area contributed by atoms with Crippen LogP contribution in [0.5, 0.6) is 0 Å². The second-order valence-electron chi connectivity index (χ2n) is 3.82. The van der Waals surface area contributed by atoms with Crippen LogP contribution in [0.1, 0.15) is 0 Å². The minimum Gasteiger partial charge on any atom is -0.369 e. The summed E-state index contributed by atoms with van der Waals surface area (Å²) in [7, 11) is 7.43. The van der Waals surface area contributed by atoms with Crippen molar-refractivity contribution in [3.8, 4) is 0 Å². The smallest absolute Gasteiger partial charge is 0.132 e. The van der Waals surface area contributed by atoms with Crippen LogP contribution in [-0.4, -0.2) is 68.4 Å². The molecule has 0 radical (unpaired) electrons. The summed E-state index contributed by atoms with van der Waals surface area (Å²) < 4.78 is 2.23. The standard InChI is InChI=1S/C4H8N2S4.2C3H7NS2/c7-3(8)5-1-2-6-4(9)10;2*1-4(2)3(5)6/h1-2H2,(H2,5,7,8)(H2,6,9,10);2*1-2H3,(H,5,6). The molecule has 22 heavy (non-hydrogen) atoms. The van der Waals surface area contributed by atoms with Crippen molar-refractivity contribution in [3.63, 3.8) is 0 Å². The SMILES string of the molecule is CN(C)C(=S)S.CN(C)C(=S)S.S=C(S)NCCNC(=S)S. The van der Waals surface area contributed by atoms with Gasteiger partial charge in [-0.05, 0) is 0 Å². The zero-order chi connectivity index (χ0) is 18.3. The summed E-state index contributed by atoms with van der Waals surface area (Å²) in [6, 6.07) is 0. The highest BCUT2D eigenvalue weighted by atomic mass is 32.1. The molecule has 0 rings (SSSR count). The Balaban J connectivity index is -0.000000261. The topological polar surface area (TPSA) is 30.5 Å². The predicted octanol–water partition coefficient (Wildman–Crippen LogP) is 2.12. The van der Waals surface area contributed by atoms with Crippen LogP contribution < -0.4 is 10.6 Å². The van der Waals surface area contributed by atoms with Gasteiger partial charge in [0.25, 0.3) is 0 Å². The van der Waals surface area contributed by atoms with Gasteiger partial charge in [-0.25, -0.2) is 0 Å². The van der Waals surface area contributed by atoms with E-state index in [-0.39, 0.29) is 0 Å². The van der Waals surface area contributed by atoms with Crippen LogP contribution in [0.3, 0.4) is 0 Å². The van der Waals surface area contributed by atoms with Crippen LogP contribution in [0.4, 0.5) is 0 Å². The minimum atomic E-state index is 0.492. The summed E-state index contributed by atoms with van der Waals surface area (Å²) in [5, 5.41) is 5.68. The van der Waals surface area contributed by atoms with Gasteiger partial charge in [0.2, 0.25) is 0 Å². The molecule has 12 heteroatoms. The molecule has 130 valence electrons. The van der Waals surface area contributed by atoms with Gasteiger partial charge in [-0.15, -0.1) is 50.5 Å². The number of hydrogen-bond acceptors (Lipinski definition) is 4. The molecule has 0 saturated heterocycles. The van der Waals surface area contributed by atoms with Gasteiger partial charge in [0.15, 0.2) is 0 Å². The third kappa shape index (κ3) is 32.8. The molecule has 0 atom stereocenters. The zero-order valence-corrected chi connectivity index (χ0v) is 19.6. The Morgan fingerprint density at radius 3 is 0.955 bits per heavy atom. The lowest BCUT2D eigenvalue weighted by Gasteiger charge is -2.05. The van der Waals surface area contributed by atoms with E-state index in [1.54, 1.807) is 9.80 Å². The maximum Gasteiger partial charge on any atom is 0.132 e. The van der Waals surface area contributed by atoms with Crippen LogP contribution in [-0.2, 0) is 0 Å². The molecular weight excluding hydrogens is 433 g/mol. The number of thiol groups is 4. The predicted molar refractivity (Wildman–Crippen MR) is 130 cm³/mol. The van der Waals surface area contributed by atoms with Crippen molar-refractivity contribution < 1.29 is 0 Å². The van der Waals surface area contributed by atoms with E-state index in [9.17, 15) is 0 Å². The van der Waals surface area contributed by atoms with Crippen molar-refractivity contribution in [1.82, 2.24) is 20.4 Å². The van der Waals surface area contributed by atoms with E-state index in [2.05, 4.69) is 110 Å². The molecule has 0 aliphatic heterocycles. The number of hydrogen-bond donors (Lipinski definition) is 6. The Kier molecular flexibility index (Phi) is 23.1. The first-order valence-electron chi connectivity index (χ1n) is 5.65. The molecule has 4 nitrogen and oxygen atoms in total. The van der Waals surface area contributed by atoms with Gasteiger partial charge in [0.05, 0.1) is 0 Å². The molecule has 0 unspecified atom stereocenters. The largest absolute Gasteiger partial charge is 0.369 e. The lowest BCUT2D eigenvalue weighted by atomic mass is 10.6. The third-order valence-corrected chi connectivity index (χ3v) is 3.58. The summed E-state index contributed by atoms with van der Waals surface area (Å²) in [6.07, 6.45) is 0. The molecule has 0 aromatic rings. The quantitative estimate of drug-likeness (QED) is 0.220. The molecule has 0 aliphatic carbocycles. The van der Waals surface area contributed by atoms with E-state index in [4.69, 9.17) is 0 Å². The Morgan fingerprint density at radius 2 is 0.864 bits per heavy atom. The average Bonchev–Trinajstić information content (AvgIpc) is 2.35. The summed E-state index contributed by atoms with van der Waals surface area (Å²) in [4.78, 5) is 3.52. The number of rotatable bonds is 3. The Bertz CT molecular complexity index is 325. The molecule has 0 aromatic carbocycles. The first-order chi connectivity index (χ1) is 9.91. The molecule has 2 N–H and O–H groups in total. The fraction of sp³-hybridized carbons (Fsp3) is 0.600. The van der Waals surface area contributed by atoms with Crippen LogP contribution >= 0.6 is 99.4 Å². The van der Waals surface area contributed by atoms with E-state index in [0.717, 1.165) is 0 Å². The van der Waals surface area contributed by atoms with Crippen molar-refractivity contribution in [2.24, 2.45) is 0 Å². The van der Waals surface area contributed by atoms with E-state index >= 15 is 0 Å². The van der Waals surface area contributed by atoms with Gasteiger partial charge in [0, 0.05) is 41.3 Å². The van der Waals surface area contributed by atoms with Crippen LogP contribution in [0, 0.1) is 0 Å². The normalized spacial score (nSPS) is 8.18. The second-order valence-corrected chi connectivity index (χ2v) is 8.36. The molecule has 0 aromatic heterocycles. The molecule has 0 amide bonds. The van der Waals surface area contributed by atoms with Crippen LogP contribution in [0.25, 0.3) is 0 Å². The van der Waals surface area contributed by atoms with Gasteiger partial charge >= 0.3 is 0 Å². The Hall–Kier alpha value is 0.960. The molecule has 0 heterocycles. The van der Waals surface area contributed by atoms with Gasteiger partial charge < -0.3 is 20.4 Å². The van der Waals surface area contributed by atoms with E-state index in [1.165, 1.54) is 0 Å². The first kappa shape index (κ1) is 27.8. The highest BCUT2D eigenvalue weighted by molar-refractivity contribution is 8.11. The lowest BCUT2D eigenvalue weighted by molar-refractivity contribution is 0.648. The highest BCUT2D eigenvalue weighted by Crippen LogP contribution is 1.85. The number of nitrogens with one attached hydrogen (secondary N) is 2. The van der Waals surface area contributed by atoms with Crippen molar-refractivity contribution in [1.29, 1.82) is 0 Å². The van der Waals surface area contributed by atoms with Crippen molar-refractivity contribution in [2.45, 2.75) is 0 Å². The van der Waals surface area contributed by atoms with Gasteiger partial charge in [-0.2, -0.15) is 0 Å². The molecule has 0 bridgehead atoms. The number of thiocarbonyl (C=S) groups is 4. The molecular formula is C10H22N4S8. The van der Waals surface area contributed by atoms with Gasteiger partial charge in [-0.3, -0.25) is 0 Å². The van der Waals surface area contributed by atoms with Crippen molar-refractivity contribution >= 4 is 117 Å². The first-order valence-corrected chi connectivity index (χ1v) is 9.08. The molecule has 0 fully saturated rings. The summed E-state index contributed by atoms with van der Waals surface area (Å²) in [5.74, 6) is 0. The fourth-order valence-corrected chi connectivity index (χ4v) is 0.767. The van der Waals surface area contributed by atoms with E-state index in [0.29, 0.717) is 30.4 Å². The molecule has 0 spiro atoms. The van der Waals surface area contributed by atoms with Crippen LogP contribution in [0.15, 0.2) is 0 Å². The molecule has 0 aliphatic rings. The zero-order valence-electron chi connectivity index (χ0n) is 12.7. The fourth-order valence-electron chi connectivity index (χ4n) is 0.339. The van der Waals surface area contributed by atoms with E-state index in [1.807, 2.05) is 28.2 Å². The number of nitrogens with zero attached hydrogens (tertiary/aromatic N) is 2. The maximum absolute atomic E-state index is 4.65. The highest BCUT2D eigenvalue weighted by Gasteiger charge is 1.87. The second kappa shape index (κ2) is 18.3. The Labute approximate surface area is 177 Å². The Morgan fingerprint density at radius 1 is 0.682 bits per heavy atom. The van der Waals surface area contributed by atoms with Gasteiger partial charge in [-0.1, -0.05) is 48.9 Å². The van der Waals surface area contributed by atoms with Gasteiger partial charge in [0.1, 0.15) is 17.3 Å². The van der Waals surface area contributed by atoms with Crippen molar-refractivity contribution in [2.75, 3.05) is 41.3 Å². The minimum absolute atomic E-state index is 0.492. The molecule has 0 saturated carbocycles. The average molecular weight is 455 g/mol. The van der Waals surface area contributed by atoms with E-state index < -0.39 is 0 Å². The monoisotopic (exact) mass is 454 g/mol. The third-order valence-electron chi connectivity index (χ3n) is 1.44. The summed E-state index contributed by atoms with van der Waals surface area (Å²) >= 11 is 33.9. The van der Waals surface area contributed by atoms with Crippen molar-refractivity contribution in [3.05, 3.63) is 0 Å². The van der Waals surface area contributed by atoms with Crippen LogP contribution in [0.2, 0.25) is 0 Å². The summed E-state index contributed by atoms with van der Waals surface area (Å²) in [5.41, 5.74) is 0. The lowest BCUT2D eigenvalue weighted by Crippen LogP contribution is -2.29. The summed E-state index contributed by atoms with van der Waals surface area (Å²) in [6.45, 7) is 1.42.